The fourth-order valence-corrected chi connectivity index (χ4v) is 3.76. The fraction of sp³-hybridized carbons (Fsp3) is 0.208. The maximum atomic E-state index is 13.3. The van der Waals surface area contributed by atoms with Crippen molar-refractivity contribution in [3.8, 4) is 5.75 Å². The van der Waals surface area contributed by atoms with Gasteiger partial charge < -0.3 is 15.2 Å². The number of amides is 1. The Labute approximate surface area is 173 Å². The molecule has 0 aliphatic carbocycles. The number of carbonyl (C=O) groups excluding carboxylic acids is 1. The van der Waals surface area contributed by atoms with E-state index in [4.69, 9.17) is 4.74 Å². The number of rotatable bonds is 4. The Morgan fingerprint density at radius 1 is 0.833 bits per heavy atom. The van der Waals surface area contributed by atoms with Gasteiger partial charge in [-0.2, -0.15) is 0 Å². The molecule has 0 spiro atoms. The van der Waals surface area contributed by atoms with Crippen LogP contribution in [0.3, 0.4) is 0 Å². The Morgan fingerprint density at radius 2 is 1.40 bits per heavy atom. The summed E-state index contributed by atoms with van der Waals surface area (Å²) in [5.41, 5.74) is 2.11. The Bertz CT molecular complexity index is 1000. The molecule has 0 saturated carbocycles. The molecular weight excluding hydrogens is 388 g/mol. The van der Waals surface area contributed by atoms with Crippen LogP contribution in [0.5, 0.6) is 5.75 Å². The number of phenolic OH excluding ortho intramolecular Hbond substituents is 1. The summed E-state index contributed by atoms with van der Waals surface area (Å²) in [5, 5.41) is 12.4. The van der Waals surface area contributed by atoms with Gasteiger partial charge in [0.2, 0.25) is 5.91 Å². The Morgan fingerprint density at radius 3 is 2.03 bits per heavy atom. The van der Waals surface area contributed by atoms with E-state index in [1.807, 2.05) is 0 Å². The van der Waals surface area contributed by atoms with E-state index in [-0.39, 0.29) is 29.4 Å². The molecule has 4 nitrogen and oxygen atoms in total. The van der Waals surface area contributed by atoms with Gasteiger partial charge in [-0.15, -0.1) is 0 Å². The van der Waals surface area contributed by atoms with E-state index < -0.39 is 12.0 Å². The molecule has 3 aromatic carbocycles. The predicted molar refractivity (Wildman–Crippen MR) is 109 cm³/mol. The Balaban J connectivity index is 1.58. The van der Waals surface area contributed by atoms with Crippen molar-refractivity contribution < 1.29 is 23.4 Å². The average Bonchev–Trinajstić information content (AvgIpc) is 2.76. The van der Waals surface area contributed by atoms with Gasteiger partial charge in [0, 0.05) is 5.69 Å². The monoisotopic (exact) mass is 409 g/mol. The molecule has 3 aromatic rings. The molecule has 4 rings (SSSR count). The van der Waals surface area contributed by atoms with Gasteiger partial charge in [0.1, 0.15) is 17.4 Å². The number of nitrogens with one attached hydrogen (secondary N) is 1. The number of halogens is 2. The van der Waals surface area contributed by atoms with E-state index in [0.29, 0.717) is 18.5 Å². The van der Waals surface area contributed by atoms with E-state index in [9.17, 15) is 18.7 Å². The second kappa shape index (κ2) is 8.63. The summed E-state index contributed by atoms with van der Waals surface area (Å²) in [7, 11) is 0. The van der Waals surface area contributed by atoms with E-state index >= 15 is 0 Å². The van der Waals surface area contributed by atoms with Crippen LogP contribution in [0.25, 0.3) is 0 Å². The van der Waals surface area contributed by atoms with Gasteiger partial charge >= 0.3 is 0 Å². The van der Waals surface area contributed by atoms with Crippen LogP contribution in [0.1, 0.15) is 36.2 Å². The molecule has 1 heterocycles. The number of carbonyl (C=O) groups is 1. The summed E-state index contributed by atoms with van der Waals surface area (Å²) >= 11 is 0. The van der Waals surface area contributed by atoms with Gasteiger partial charge in [0.15, 0.2) is 0 Å². The van der Waals surface area contributed by atoms with Crippen molar-refractivity contribution in [1.29, 1.82) is 0 Å². The van der Waals surface area contributed by atoms with Crippen LogP contribution in [0.2, 0.25) is 0 Å². The third-order valence-electron chi connectivity index (χ3n) is 5.33. The molecule has 1 aliphatic heterocycles. The highest BCUT2D eigenvalue weighted by Crippen LogP contribution is 2.43. The Kier molecular flexibility index (Phi) is 5.77. The first-order chi connectivity index (χ1) is 14.5. The lowest BCUT2D eigenvalue weighted by atomic mass is 9.85. The lowest BCUT2D eigenvalue weighted by Crippen LogP contribution is -2.34. The number of ether oxygens (including phenoxy) is 1. The molecule has 3 atom stereocenters. The van der Waals surface area contributed by atoms with Gasteiger partial charge in [0.25, 0.3) is 0 Å². The van der Waals surface area contributed by atoms with E-state index in [1.165, 1.54) is 36.4 Å². The van der Waals surface area contributed by atoms with Crippen molar-refractivity contribution in [3.63, 3.8) is 0 Å². The largest absolute Gasteiger partial charge is 0.508 e. The van der Waals surface area contributed by atoms with Gasteiger partial charge in [0.05, 0.1) is 18.1 Å². The molecule has 1 amide bonds. The summed E-state index contributed by atoms with van der Waals surface area (Å²) in [6, 6.07) is 18.3. The number of phenols is 1. The average molecular weight is 409 g/mol. The smallest absolute Gasteiger partial charge is 0.230 e. The number of aromatic hydroxyl groups is 1. The van der Waals surface area contributed by atoms with E-state index in [1.54, 1.807) is 36.4 Å². The van der Waals surface area contributed by atoms with Crippen molar-refractivity contribution in [2.24, 2.45) is 5.92 Å². The zero-order valence-electron chi connectivity index (χ0n) is 16.1. The summed E-state index contributed by atoms with van der Waals surface area (Å²) in [6.07, 6.45) is 0.330. The third kappa shape index (κ3) is 4.49. The van der Waals surface area contributed by atoms with Crippen molar-refractivity contribution in [2.45, 2.75) is 25.0 Å². The molecule has 2 N–H and O–H groups in total. The topological polar surface area (TPSA) is 58.6 Å². The van der Waals surface area contributed by atoms with E-state index in [0.717, 1.165) is 11.1 Å². The van der Waals surface area contributed by atoms with Crippen LogP contribution in [0, 0.1) is 17.6 Å². The molecule has 6 heteroatoms. The first kappa shape index (κ1) is 20.0. The minimum atomic E-state index is -0.546. The lowest BCUT2D eigenvalue weighted by Gasteiger charge is -2.36. The highest BCUT2D eigenvalue weighted by atomic mass is 19.1. The van der Waals surface area contributed by atoms with Gasteiger partial charge in [-0.25, -0.2) is 8.78 Å². The van der Waals surface area contributed by atoms with Crippen LogP contribution in [-0.2, 0) is 9.53 Å². The van der Waals surface area contributed by atoms with Crippen LogP contribution in [0.15, 0.2) is 72.8 Å². The fourth-order valence-electron chi connectivity index (χ4n) is 3.76. The minimum absolute atomic E-state index is 0.122. The summed E-state index contributed by atoms with van der Waals surface area (Å²) in [4.78, 5) is 13.0. The molecule has 0 aromatic heterocycles. The summed E-state index contributed by atoms with van der Waals surface area (Å²) in [5.74, 6) is -1.27. The molecule has 1 fully saturated rings. The highest BCUT2D eigenvalue weighted by Gasteiger charge is 2.37. The van der Waals surface area contributed by atoms with Crippen molar-refractivity contribution in [1.82, 2.24) is 0 Å². The number of hydrogen-bond acceptors (Lipinski definition) is 3. The quantitative estimate of drug-likeness (QED) is 0.597. The first-order valence-corrected chi connectivity index (χ1v) is 9.76. The van der Waals surface area contributed by atoms with Gasteiger partial charge in [-0.3, -0.25) is 4.79 Å². The molecule has 1 aliphatic rings. The molecule has 0 bridgehead atoms. The number of benzene rings is 3. The van der Waals surface area contributed by atoms with Crippen LogP contribution < -0.4 is 5.32 Å². The van der Waals surface area contributed by atoms with Gasteiger partial charge in [-0.1, -0.05) is 24.3 Å². The highest BCUT2D eigenvalue weighted by molar-refractivity contribution is 5.93. The zero-order valence-corrected chi connectivity index (χ0v) is 16.1. The van der Waals surface area contributed by atoms with E-state index in [2.05, 4.69) is 5.32 Å². The maximum Gasteiger partial charge on any atom is 0.230 e. The standard InChI is InChI=1S/C24H21F2NO3/c25-17-5-1-15(2-6-17)22-14-13-21(23(30-22)16-3-11-20(28)12-4-16)24(29)27-19-9-7-18(26)8-10-19/h1-12,21-23,28H,13-14H2,(H,27,29)/t21-,22?,23?/m1/s1. The Hall–Kier alpha value is -3.25. The summed E-state index contributed by atoms with van der Waals surface area (Å²) in [6.45, 7) is 0. The normalized spacial score (nSPS) is 21.2. The number of hydrogen-bond donors (Lipinski definition) is 2. The molecule has 2 unspecified atom stereocenters. The predicted octanol–water partition coefficient (Wildman–Crippen LogP) is 5.52. The second-order valence-corrected chi connectivity index (χ2v) is 7.37. The van der Waals surface area contributed by atoms with Crippen molar-refractivity contribution in [3.05, 3.63) is 95.6 Å². The minimum Gasteiger partial charge on any atom is -0.508 e. The SMILES string of the molecule is O=C(Nc1ccc(F)cc1)[C@@H]1CCC(c2ccc(F)cc2)OC1c1ccc(O)cc1. The zero-order chi connectivity index (χ0) is 21.1. The molecule has 154 valence electrons. The van der Waals surface area contributed by atoms with Crippen LogP contribution in [0.4, 0.5) is 14.5 Å². The van der Waals surface area contributed by atoms with Crippen molar-refractivity contribution in [2.75, 3.05) is 5.32 Å². The molecule has 30 heavy (non-hydrogen) atoms. The molecule has 1 saturated heterocycles. The summed E-state index contributed by atoms with van der Waals surface area (Å²) < 4.78 is 32.7. The van der Waals surface area contributed by atoms with Crippen molar-refractivity contribution >= 4 is 11.6 Å². The maximum absolute atomic E-state index is 13.3. The molecular formula is C24H21F2NO3. The molecule has 0 radical (unpaired) electrons. The second-order valence-electron chi connectivity index (χ2n) is 7.37. The van der Waals surface area contributed by atoms with Crippen LogP contribution >= 0.6 is 0 Å². The van der Waals surface area contributed by atoms with Crippen LogP contribution in [-0.4, -0.2) is 11.0 Å². The van der Waals surface area contributed by atoms with Gasteiger partial charge in [-0.05, 0) is 72.5 Å². The number of anilines is 1. The lowest BCUT2D eigenvalue weighted by molar-refractivity contribution is -0.137. The third-order valence-corrected chi connectivity index (χ3v) is 5.33. The first-order valence-electron chi connectivity index (χ1n) is 9.76.